The largest absolute Gasteiger partial charge is 0.416 e. The molecule has 0 bridgehead atoms. The smallest absolute Gasteiger partial charge is 0.391 e. The fraction of sp³-hybridized carbons (Fsp3) is 0.417. The molecular formula is C12H14F3N3O2. The second-order valence-corrected chi connectivity index (χ2v) is 4.60. The highest BCUT2D eigenvalue weighted by atomic mass is 19.4. The van der Waals surface area contributed by atoms with Crippen LogP contribution >= 0.6 is 0 Å². The molecule has 0 aromatic heterocycles. The topological polar surface area (TPSA) is 78.6 Å². The minimum atomic E-state index is -4.54. The van der Waals surface area contributed by atoms with Gasteiger partial charge >= 0.3 is 6.18 Å². The average Bonchev–Trinajstić information content (AvgIpc) is 2.82. The Morgan fingerprint density at radius 3 is 2.65 bits per heavy atom. The molecule has 8 heteroatoms. The lowest BCUT2D eigenvalue weighted by Crippen LogP contribution is -2.31. The zero-order valence-electron chi connectivity index (χ0n) is 10.4. The minimum Gasteiger partial charge on any atom is -0.391 e. The van der Waals surface area contributed by atoms with E-state index in [4.69, 9.17) is 5.84 Å². The number of alkyl halides is 3. The van der Waals surface area contributed by atoms with Gasteiger partial charge in [0.1, 0.15) is 0 Å². The molecule has 1 fully saturated rings. The number of aliphatic hydroxyl groups is 1. The number of anilines is 1. The van der Waals surface area contributed by atoms with E-state index in [9.17, 15) is 23.1 Å². The van der Waals surface area contributed by atoms with Gasteiger partial charge in [-0.2, -0.15) is 13.2 Å². The Morgan fingerprint density at radius 2 is 2.15 bits per heavy atom. The molecule has 1 heterocycles. The van der Waals surface area contributed by atoms with Crippen molar-refractivity contribution in [2.45, 2.75) is 18.7 Å². The summed E-state index contributed by atoms with van der Waals surface area (Å²) in [6.45, 7) is 0.416. The first-order chi connectivity index (χ1) is 9.32. The Hall–Kier alpha value is -1.80. The number of likely N-dealkylation sites (tertiary alicyclic amines) is 1. The monoisotopic (exact) mass is 289 g/mol. The first-order valence-corrected chi connectivity index (χ1v) is 5.98. The number of benzene rings is 1. The van der Waals surface area contributed by atoms with Crippen molar-refractivity contribution in [1.82, 2.24) is 4.90 Å². The van der Waals surface area contributed by atoms with Crippen molar-refractivity contribution in [2.24, 2.45) is 5.84 Å². The van der Waals surface area contributed by atoms with Gasteiger partial charge in [0.05, 0.1) is 22.9 Å². The molecule has 0 aliphatic carbocycles. The van der Waals surface area contributed by atoms with Gasteiger partial charge in [-0.05, 0) is 24.6 Å². The zero-order chi connectivity index (χ0) is 14.9. The van der Waals surface area contributed by atoms with Crippen LogP contribution in [0.2, 0.25) is 0 Å². The van der Waals surface area contributed by atoms with Gasteiger partial charge in [0, 0.05) is 13.1 Å². The third-order valence-electron chi connectivity index (χ3n) is 3.18. The van der Waals surface area contributed by atoms with Crippen LogP contribution in [0.1, 0.15) is 22.3 Å². The number of hydrogen-bond donors (Lipinski definition) is 3. The third kappa shape index (κ3) is 2.86. The lowest BCUT2D eigenvalue weighted by atomic mass is 10.1. The van der Waals surface area contributed by atoms with Crippen molar-refractivity contribution in [1.29, 1.82) is 0 Å². The molecule has 110 valence electrons. The van der Waals surface area contributed by atoms with Crippen molar-refractivity contribution < 1.29 is 23.1 Å². The highest BCUT2D eigenvalue weighted by Crippen LogP contribution is 2.32. The second kappa shape index (κ2) is 5.29. The molecule has 4 N–H and O–H groups in total. The lowest BCUT2D eigenvalue weighted by Gasteiger charge is -2.19. The Balaban J connectivity index is 2.35. The number of nitrogen functional groups attached to an aromatic ring is 1. The van der Waals surface area contributed by atoms with Crippen molar-refractivity contribution >= 4 is 11.6 Å². The number of nitrogens with zero attached hydrogens (tertiary/aromatic N) is 1. The number of rotatable bonds is 2. The molecule has 1 aliphatic heterocycles. The van der Waals surface area contributed by atoms with Gasteiger partial charge in [-0.1, -0.05) is 0 Å². The molecule has 0 spiro atoms. The summed E-state index contributed by atoms with van der Waals surface area (Å²) in [6, 6.07) is 2.73. The normalized spacial score (nSPS) is 19.2. The van der Waals surface area contributed by atoms with E-state index in [2.05, 4.69) is 5.43 Å². The van der Waals surface area contributed by atoms with E-state index in [1.165, 1.54) is 4.90 Å². The highest BCUT2D eigenvalue weighted by Gasteiger charge is 2.33. The van der Waals surface area contributed by atoms with E-state index in [-0.39, 0.29) is 17.8 Å². The number of carbonyl (C=O) groups excluding carboxylic acids is 1. The van der Waals surface area contributed by atoms with Gasteiger partial charge in [0.15, 0.2) is 0 Å². The number of aliphatic hydroxyl groups excluding tert-OH is 1. The predicted molar refractivity (Wildman–Crippen MR) is 65.8 cm³/mol. The van der Waals surface area contributed by atoms with E-state index in [0.717, 1.165) is 18.2 Å². The molecule has 5 nitrogen and oxygen atoms in total. The van der Waals surface area contributed by atoms with Crippen LogP contribution in [0, 0.1) is 0 Å². The summed E-state index contributed by atoms with van der Waals surface area (Å²) in [6.07, 6.45) is -4.76. The summed E-state index contributed by atoms with van der Waals surface area (Å²) >= 11 is 0. The van der Waals surface area contributed by atoms with Crippen LogP contribution < -0.4 is 11.3 Å². The molecule has 0 radical (unpaired) electrons. The predicted octanol–water partition coefficient (Wildman–Crippen LogP) is 1.20. The van der Waals surface area contributed by atoms with Crippen molar-refractivity contribution in [2.75, 3.05) is 18.5 Å². The number of hydrazine groups is 1. The molecule has 2 rings (SSSR count). The first kappa shape index (κ1) is 14.6. The van der Waals surface area contributed by atoms with Crippen molar-refractivity contribution in [3.8, 4) is 0 Å². The summed E-state index contributed by atoms with van der Waals surface area (Å²) < 4.78 is 38.1. The number of carbonyl (C=O) groups is 1. The van der Waals surface area contributed by atoms with E-state index < -0.39 is 23.8 Å². The first-order valence-electron chi connectivity index (χ1n) is 5.98. The Bertz CT molecular complexity index is 519. The van der Waals surface area contributed by atoms with Gasteiger partial charge in [-0.3, -0.25) is 10.6 Å². The van der Waals surface area contributed by atoms with Crippen LogP contribution in [0.25, 0.3) is 0 Å². The number of halogens is 3. The lowest BCUT2D eigenvalue weighted by molar-refractivity contribution is -0.137. The van der Waals surface area contributed by atoms with Crippen molar-refractivity contribution in [3.63, 3.8) is 0 Å². The zero-order valence-corrected chi connectivity index (χ0v) is 10.4. The van der Waals surface area contributed by atoms with Crippen molar-refractivity contribution in [3.05, 3.63) is 29.3 Å². The maximum atomic E-state index is 12.7. The van der Waals surface area contributed by atoms with Crippen LogP contribution in [-0.2, 0) is 6.18 Å². The SMILES string of the molecule is NNc1ccc(C(F)(F)F)cc1C(=O)N1CCC(O)C1. The molecule has 1 atom stereocenters. The summed E-state index contributed by atoms with van der Waals surface area (Å²) in [5.41, 5.74) is 1.25. The van der Waals surface area contributed by atoms with Gasteiger partial charge in [-0.15, -0.1) is 0 Å². The fourth-order valence-electron chi connectivity index (χ4n) is 2.12. The standard InChI is InChI=1S/C12H14F3N3O2/c13-12(14,15)7-1-2-10(17-16)9(5-7)11(20)18-4-3-8(19)6-18/h1-2,5,8,17,19H,3-4,6,16H2. The van der Waals surface area contributed by atoms with Crippen LogP contribution in [0.3, 0.4) is 0 Å². The molecule has 20 heavy (non-hydrogen) atoms. The molecule has 1 aromatic carbocycles. The Labute approximate surface area is 113 Å². The summed E-state index contributed by atoms with van der Waals surface area (Å²) in [5.74, 6) is 4.64. The number of amides is 1. The van der Waals surface area contributed by atoms with Gasteiger partial charge < -0.3 is 15.4 Å². The van der Waals surface area contributed by atoms with Crippen LogP contribution in [0.4, 0.5) is 18.9 Å². The maximum Gasteiger partial charge on any atom is 0.416 e. The quantitative estimate of drug-likeness (QED) is 0.564. The van der Waals surface area contributed by atoms with E-state index in [0.29, 0.717) is 13.0 Å². The molecular weight excluding hydrogens is 275 g/mol. The summed E-state index contributed by atoms with van der Waals surface area (Å²) in [5, 5.41) is 9.39. The minimum absolute atomic E-state index is 0.110. The van der Waals surface area contributed by atoms with Gasteiger partial charge in [0.25, 0.3) is 5.91 Å². The molecule has 0 saturated carbocycles. The molecule has 1 amide bonds. The number of nitrogens with one attached hydrogen (secondary N) is 1. The van der Waals surface area contributed by atoms with Crippen LogP contribution in [0.15, 0.2) is 18.2 Å². The van der Waals surface area contributed by atoms with Gasteiger partial charge in [0.2, 0.25) is 0 Å². The third-order valence-corrected chi connectivity index (χ3v) is 3.18. The molecule has 1 aromatic rings. The number of β-amino-alcohol motifs (C(OH)–C–C–N with tert-alkyl or cyclic N) is 1. The Kier molecular flexibility index (Phi) is 3.87. The summed E-state index contributed by atoms with van der Waals surface area (Å²) in [7, 11) is 0. The van der Waals surface area contributed by atoms with E-state index in [1.54, 1.807) is 0 Å². The highest BCUT2D eigenvalue weighted by molar-refractivity contribution is 6.00. The van der Waals surface area contributed by atoms with E-state index >= 15 is 0 Å². The Morgan fingerprint density at radius 1 is 1.45 bits per heavy atom. The maximum absolute atomic E-state index is 12.7. The van der Waals surface area contributed by atoms with Crippen LogP contribution in [-0.4, -0.2) is 35.1 Å². The fourth-order valence-corrected chi connectivity index (χ4v) is 2.12. The van der Waals surface area contributed by atoms with Crippen LogP contribution in [0.5, 0.6) is 0 Å². The average molecular weight is 289 g/mol. The van der Waals surface area contributed by atoms with E-state index in [1.807, 2.05) is 0 Å². The molecule has 1 unspecified atom stereocenters. The number of hydrogen-bond acceptors (Lipinski definition) is 4. The second-order valence-electron chi connectivity index (χ2n) is 4.60. The number of nitrogens with two attached hydrogens (primary N) is 1. The summed E-state index contributed by atoms with van der Waals surface area (Å²) in [4.78, 5) is 13.5. The van der Waals surface area contributed by atoms with Gasteiger partial charge in [-0.25, -0.2) is 0 Å². The molecule has 1 aliphatic rings. The molecule has 1 saturated heterocycles.